The van der Waals surface area contributed by atoms with Gasteiger partial charge in [0.15, 0.2) is 0 Å². The molecule has 25 heavy (non-hydrogen) atoms. The molecule has 132 valence electrons. The van der Waals surface area contributed by atoms with Gasteiger partial charge in [-0.3, -0.25) is 9.69 Å². The molecule has 0 unspecified atom stereocenters. The van der Waals surface area contributed by atoms with Crippen molar-refractivity contribution in [3.05, 3.63) is 40.7 Å². The van der Waals surface area contributed by atoms with Gasteiger partial charge in [-0.2, -0.15) is 0 Å². The van der Waals surface area contributed by atoms with E-state index < -0.39 is 0 Å². The molecule has 1 saturated heterocycles. The third-order valence-electron chi connectivity index (χ3n) is 5.36. The van der Waals surface area contributed by atoms with E-state index in [4.69, 9.17) is 4.63 Å². The molecule has 6 heteroatoms. The number of hydrogen-bond acceptors (Lipinski definition) is 5. The Morgan fingerprint density at radius 3 is 2.92 bits per heavy atom. The second kappa shape index (κ2) is 6.59. The van der Waals surface area contributed by atoms with Crippen LogP contribution in [-0.2, 0) is 11.2 Å². The Morgan fingerprint density at radius 1 is 1.24 bits per heavy atom. The Hall–Kier alpha value is -2.21. The zero-order valence-electron chi connectivity index (χ0n) is 14.9. The molecule has 1 aromatic carbocycles. The fraction of sp³-hybridized carbons (Fsp3) is 0.526. The second-order valence-corrected chi connectivity index (χ2v) is 7.14. The molecule has 1 atom stereocenters. The highest BCUT2D eigenvalue weighted by Gasteiger charge is 2.33. The van der Waals surface area contributed by atoms with Gasteiger partial charge in [0.25, 0.3) is 0 Å². The van der Waals surface area contributed by atoms with Crippen LogP contribution in [0.15, 0.2) is 22.8 Å². The lowest BCUT2D eigenvalue weighted by molar-refractivity contribution is -0.120. The van der Waals surface area contributed by atoms with Gasteiger partial charge in [-0.25, -0.2) is 4.63 Å². The van der Waals surface area contributed by atoms with Gasteiger partial charge in [-0.05, 0) is 57.7 Å². The molecule has 0 spiro atoms. The zero-order chi connectivity index (χ0) is 17.4. The normalized spacial score (nSPS) is 20.7. The van der Waals surface area contributed by atoms with Gasteiger partial charge in [0.05, 0.1) is 12.6 Å². The van der Waals surface area contributed by atoms with Crippen LogP contribution in [0.3, 0.4) is 0 Å². The summed E-state index contributed by atoms with van der Waals surface area (Å²) in [7, 11) is 0. The molecule has 1 fully saturated rings. The van der Waals surface area contributed by atoms with Crippen molar-refractivity contribution in [2.75, 3.05) is 24.5 Å². The lowest BCUT2D eigenvalue weighted by Crippen LogP contribution is -2.42. The Labute approximate surface area is 147 Å². The number of aryl methyl sites for hydroxylation is 3. The molecule has 1 amide bonds. The van der Waals surface area contributed by atoms with E-state index in [0.29, 0.717) is 6.54 Å². The van der Waals surface area contributed by atoms with Crippen LogP contribution in [0, 0.1) is 13.8 Å². The Bertz CT molecular complexity index is 785. The summed E-state index contributed by atoms with van der Waals surface area (Å²) in [6.45, 7) is 6.15. The zero-order valence-corrected chi connectivity index (χ0v) is 14.9. The van der Waals surface area contributed by atoms with Gasteiger partial charge < -0.3 is 4.90 Å². The largest absolute Gasteiger partial charge is 0.311 e. The van der Waals surface area contributed by atoms with Gasteiger partial charge in [0.1, 0.15) is 11.4 Å². The highest BCUT2D eigenvalue weighted by Crippen LogP contribution is 2.33. The first-order valence-corrected chi connectivity index (χ1v) is 9.06. The van der Waals surface area contributed by atoms with Crippen LogP contribution in [0.5, 0.6) is 0 Å². The standard InChI is InChI=1S/C19H24N4O2/c1-13-7-8-16-15(11-13)5-3-10-23(16)18(24)12-22-9-4-6-17(22)19-14(2)20-25-21-19/h7-8,11,17H,3-6,9-10,12H2,1-2H3/t17-/m0/s1. The maximum atomic E-state index is 13.0. The maximum Gasteiger partial charge on any atom is 0.241 e. The van der Waals surface area contributed by atoms with E-state index in [1.807, 2.05) is 11.8 Å². The van der Waals surface area contributed by atoms with Crippen molar-refractivity contribution < 1.29 is 9.42 Å². The number of amides is 1. The van der Waals surface area contributed by atoms with Gasteiger partial charge >= 0.3 is 0 Å². The van der Waals surface area contributed by atoms with Crippen molar-refractivity contribution in [3.8, 4) is 0 Å². The number of carbonyl (C=O) groups excluding carboxylic acids is 1. The topological polar surface area (TPSA) is 62.5 Å². The van der Waals surface area contributed by atoms with E-state index in [0.717, 1.165) is 55.8 Å². The highest BCUT2D eigenvalue weighted by molar-refractivity contribution is 5.96. The lowest BCUT2D eigenvalue weighted by Gasteiger charge is -2.32. The minimum Gasteiger partial charge on any atom is -0.311 e. The lowest BCUT2D eigenvalue weighted by atomic mass is 9.99. The quantitative estimate of drug-likeness (QED) is 0.860. The smallest absolute Gasteiger partial charge is 0.241 e. The first-order valence-electron chi connectivity index (χ1n) is 9.06. The van der Waals surface area contributed by atoms with Crippen LogP contribution < -0.4 is 4.90 Å². The molecule has 2 aromatic rings. The summed E-state index contributed by atoms with van der Waals surface area (Å²) in [6.07, 6.45) is 4.15. The number of fused-ring (bicyclic) bond motifs is 1. The van der Waals surface area contributed by atoms with E-state index in [9.17, 15) is 4.79 Å². The van der Waals surface area contributed by atoms with Gasteiger partial charge in [-0.15, -0.1) is 0 Å². The molecule has 3 heterocycles. The Balaban J connectivity index is 1.52. The minimum absolute atomic E-state index is 0.137. The SMILES string of the molecule is Cc1ccc2c(c1)CCCN2C(=O)CN1CCC[C@H]1c1nonc1C. The van der Waals surface area contributed by atoms with Crippen LogP contribution in [0.25, 0.3) is 0 Å². The molecule has 2 aliphatic heterocycles. The van der Waals surface area contributed by atoms with Crippen molar-refractivity contribution in [1.29, 1.82) is 0 Å². The van der Waals surface area contributed by atoms with Crippen LogP contribution in [0.1, 0.15) is 47.8 Å². The Kier molecular flexibility index (Phi) is 4.29. The van der Waals surface area contributed by atoms with Gasteiger partial charge in [0, 0.05) is 12.2 Å². The maximum absolute atomic E-state index is 13.0. The number of anilines is 1. The molecular weight excluding hydrogens is 316 g/mol. The van der Waals surface area contributed by atoms with Gasteiger partial charge in [-0.1, -0.05) is 28.0 Å². The van der Waals surface area contributed by atoms with E-state index in [1.165, 1.54) is 11.1 Å². The third kappa shape index (κ3) is 3.06. The second-order valence-electron chi connectivity index (χ2n) is 7.14. The number of benzene rings is 1. The average molecular weight is 340 g/mol. The number of nitrogens with zero attached hydrogens (tertiary/aromatic N) is 4. The number of aromatic nitrogens is 2. The summed E-state index contributed by atoms with van der Waals surface area (Å²) >= 11 is 0. The van der Waals surface area contributed by atoms with E-state index in [-0.39, 0.29) is 11.9 Å². The molecule has 0 radical (unpaired) electrons. The molecule has 2 aliphatic rings. The summed E-state index contributed by atoms with van der Waals surface area (Å²) in [4.78, 5) is 17.2. The van der Waals surface area contributed by atoms with Crippen molar-refractivity contribution in [2.24, 2.45) is 0 Å². The number of carbonyl (C=O) groups is 1. The van der Waals surface area contributed by atoms with Crippen LogP contribution in [0.2, 0.25) is 0 Å². The highest BCUT2D eigenvalue weighted by atomic mass is 16.6. The predicted octanol–water partition coefficient (Wildman–Crippen LogP) is 2.80. The summed E-state index contributed by atoms with van der Waals surface area (Å²) in [5.74, 6) is 0.172. The monoisotopic (exact) mass is 340 g/mol. The van der Waals surface area contributed by atoms with E-state index in [2.05, 4.69) is 40.3 Å². The fourth-order valence-corrected chi connectivity index (χ4v) is 4.11. The minimum atomic E-state index is 0.137. The molecule has 0 bridgehead atoms. The van der Waals surface area contributed by atoms with E-state index in [1.54, 1.807) is 0 Å². The third-order valence-corrected chi connectivity index (χ3v) is 5.36. The van der Waals surface area contributed by atoms with Crippen molar-refractivity contribution in [1.82, 2.24) is 15.2 Å². The number of likely N-dealkylation sites (tertiary alicyclic amines) is 1. The summed E-state index contributed by atoms with van der Waals surface area (Å²) in [5, 5.41) is 7.96. The summed E-state index contributed by atoms with van der Waals surface area (Å²) in [5.41, 5.74) is 5.32. The fourth-order valence-electron chi connectivity index (χ4n) is 4.11. The number of rotatable bonds is 3. The molecule has 4 rings (SSSR count). The predicted molar refractivity (Wildman–Crippen MR) is 94.4 cm³/mol. The molecule has 6 nitrogen and oxygen atoms in total. The van der Waals surface area contributed by atoms with Crippen molar-refractivity contribution in [3.63, 3.8) is 0 Å². The number of hydrogen-bond donors (Lipinski definition) is 0. The summed E-state index contributed by atoms with van der Waals surface area (Å²) < 4.78 is 4.86. The van der Waals surface area contributed by atoms with Crippen LogP contribution >= 0.6 is 0 Å². The first kappa shape index (κ1) is 16.3. The van der Waals surface area contributed by atoms with E-state index >= 15 is 0 Å². The van der Waals surface area contributed by atoms with Crippen molar-refractivity contribution >= 4 is 11.6 Å². The molecule has 1 aromatic heterocycles. The van der Waals surface area contributed by atoms with Gasteiger partial charge in [0.2, 0.25) is 5.91 Å². The molecular formula is C19H24N4O2. The Morgan fingerprint density at radius 2 is 2.12 bits per heavy atom. The van der Waals surface area contributed by atoms with Crippen LogP contribution in [0.4, 0.5) is 5.69 Å². The first-order chi connectivity index (χ1) is 12.1. The summed E-state index contributed by atoms with van der Waals surface area (Å²) in [6, 6.07) is 6.53. The van der Waals surface area contributed by atoms with Crippen LogP contribution in [-0.4, -0.2) is 40.8 Å². The van der Waals surface area contributed by atoms with Crippen molar-refractivity contribution in [2.45, 2.75) is 45.6 Å². The average Bonchev–Trinajstić information content (AvgIpc) is 3.22. The molecule has 0 saturated carbocycles. The molecule has 0 N–H and O–H groups in total. The molecule has 0 aliphatic carbocycles.